The number of rotatable bonds is 6. The second-order valence-corrected chi connectivity index (χ2v) is 5.00. The Kier molecular flexibility index (Phi) is 4.90. The predicted octanol–water partition coefficient (Wildman–Crippen LogP) is 3.77. The van der Waals surface area contributed by atoms with Crippen LogP contribution in [0.4, 0.5) is 4.39 Å². The quantitative estimate of drug-likeness (QED) is 0.869. The molecule has 0 saturated carbocycles. The van der Waals surface area contributed by atoms with Crippen LogP contribution in [0.25, 0.3) is 11.1 Å². The summed E-state index contributed by atoms with van der Waals surface area (Å²) in [6.45, 7) is 8.04. The maximum atomic E-state index is 13.6. The van der Waals surface area contributed by atoms with Gasteiger partial charge in [-0.1, -0.05) is 19.9 Å². The van der Waals surface area contributed by atoms with Gasteiger partial charge in [0.1, 0.15) is 5.82 Å². The van der Waals surface area contributed by atoms with Gasteiger partial charge < -0.3 is 5.32 Å². The van der Waals surface area contributed by atoms with Crippen LogP contribution in [0, 0.1) is 5.82 Å². The molecule has 0 radical (unpaired) electrons. The van der Waals surface area contributed by atoms with Crippen molar-refractivity contribution in [3.63, 3.8) is 0 Å². The number of hydrogen-bond acceptors (Lipinski definition) is 2. The van der Waals surface area contributed by atoms with E-state index in [1.54, 1.807) is 6.07 Å². The zero-order valence-electron chi connectivity index (χ0n) is 12.4. The van der Waals surface area contributed by atoms with Crippen LogP contribution < -0.4 is 5.32 Å². The zero-order valence-corrected chi connectivity index (χ0v) is 12.4. The van der Waals surface area contributed by atoms with Gasteiger partial charge in [0.25, 0.3) is 0 Å². The Labute approximate surface area is 119 Å². The van der Waals surface area contributed by atoms with Crippen LogP contribution >= 0.6 is 0 Å². The molecular weight excluding hydrogens is 253 g/mol. The number of nitrogens with one attached hydrogen (secondary N) is 1. The van der Waals surface area contributed by atoms with Crippen molar-refractivity contribution in [1.82, 2.24) is 15.1 Å². The summed E-state index contributed by atoms with van der Waals surface area (Å²) >= 11 is 0. The van der Waals surface area contributed by atoms with Crippen LogP contribution in [-0.2, 0) is 6.54 Å². The van der Waals surface area contributed by atoms with Crippen molar-refractivity contribution in [1.29, 1.82) is 0 Å². The molecule has 1 heterocycles. The maximum Gasteiger partial charge on any atom is 0.123 e. The van der Waals surface area contributed by atoms with Crippen molar-refractivity contribution in [2.75, 3.05) is 6.54 Å². The molecule has 0 spiro atoms. The standard InChI is InChI=1S/C16H22FN3/c1-4-8-20-11-13(10-19-20)16-9-14(17)6-7-15(16)12(3)18-5-2/h6-7,9-12,18H,4-5,8H2,1-3H3. The van der Waals surface area contributed by atoms with Gasteiger partial charge in [0, 0.05) is 24.3 Å². The van der Waals surface area contributed by atoms with Crippen LogP contribution in [-0.4, -0.2) is 16.3 Å². The third-order valence-electron chi connectivity index (χ3n) is 3.39. The summed E-state index contributed by atoms with van der Waals surface area (Å²) < 4.78 is 15.5. The molecule has 4 heteroatoms. The van der Waals surface area contributed by atoms with Crippen LogP contribution in [0.3, 0.4) is 0 Å². The van der Waals surface area contributed by atoms with Crippen molar-refractivity contribution < 1.29 is 4.39 Å². The molecule has 0 aliphatic carbocycles. The van der Waals surface area contributed by atoms with E-state index in [9.17, 15) is 4.39 Å². The summed E-state index contributed by atoms with van der Waals surface area (Å²) in [5.74, 6) is -0.212. The Hall–Kier alpha value is -1.68. The van der Waals surface area contributed by atoms with E-state index in [0.29, 0.717) is 0 Å². The second-order valence-electron chi connectivity index (χ2n) is 5.00. The minimum absolute atomic E-state index is 0.185. The highest BCUT2D eigenvalue weighted by atomic mass is 19.1. The Balaban J connectivity index is 2.39. The van der Waals surface area contributed by atoms with Gasteiger partial charge >= 0.3 is 0 Å². The summed E-state index contributed by atoms with van der Waals surface area (Å²) in [7, 11) is 0. The highest BCUT2D eigenvalue weighted by Gasteiger charge is 2.13. The first-order valence-electron chi connectivity index (χ1n) is 7.21. The fourth-order valence-corrected chi connectivity index (χ4v) is 2.43. The molecule has 0 amide bonds. The SMILES string of the molecule is CCCn1cc(-c2cc(F)ccc2C(C)NCC)cn1. The predicted molar refractivity (Wildman–Crippen MR) is 80.0 cm³/mol. The largest absolute Gasteiger partial charge is 0.310 e. The number of nitrogens with zero attached hydrogens (tertiary/aromatic N) is 2. The molecule has 20 heavy (non-hydrogen) atoms. The third-order valence-corrected chi connectivity index (χ3v) is 3.39. The van der Waals surface area contributed by atoms with Crippen molar-refractivity contribution in [2.45, 2.75) is 39.8 Å². The molecule has 0 aliphatic rings. The van der Waals surface area contributed by atoms with Gasteiger partial charge in [-0.05, 0) is 43.1 Å². The third kappa shape index (κ3) is 3.25. The first-order valence-corrected chi connectivity index (χ1v) is 7.21. The molecule has 0 saturated heterocycles. The van der Waals surface area contributed by atoms with Crippen LogP contribution in [0.1, 0.15) is 38.8 Å². The molecule has 1 N–H and O–H groups in total. The first-order chi connectivity index (χ1) is 9.65. The lowest BCUT2D eigenvalue weighted by Crippen LogP contribution is -2.18. The average Bonchev–Trinajstić information content (AvgIpc) is 2.88. The Bertz CT molecular complexity index is 563. The van der Waals surface area contributed by atoms with E-state index in [1.807, 2.05) is 23.1 Å². The molecule has 1 atom stereocenters. The fraction of sp³-hybridized carbons (Fsp3) is 0.438. The molecule has 108 valence electrons. The fourth-order valence-electron chi connectivity index (χ4n) is 2.43. The van der Waals surface area contributed by atoms with E-state index in [1.165, 1.54) is 6.07 Å². The van der Waals surface area contributed by atoms with Crippen LogP contribution in [0.5, 0.6) is 0 Å². The van der Waals surface area contributed by atoms with E-state index in [-0.39, 0.29) is 11.9 Å². The van der Waals surface area contributed by atoms with Gasteiger partial charge in [-0.25, -0.2) is 4.39 Å². The van der Waals surface area contributed by atoms with Crippen molar-refractivity contribution >= 4 is 0 Å². The molecule has 3 nitrogen and oxygen atoms in total. The number of aromatic nitrogens is 2. The highest BCUT2D eigenvalue weighted by Crippen LogP contribution is 2.28. The normalized spacial score (nSPS) is 12.6. The summed E-state index contributed by atoms with van der Waals surface area (Å²) in [4.78, 5) is 0. The Morgan fingerprint density at radius 3 is 2.85 bits per heavy atom. The zero-order chi connectivity index (χ0) is 14.5. The Morgan fingerprint density at radius 1 is 1.35 bits per heavy atom. The van der Waals surface area contributed by atoms with Gasteiger partial charge in [-0.3, -0.25) is 4.68 Å². The van der Waals surface area contributed by atoms with Gasteiger partial charge in [-0.15, -0.1) is 0 Å². The lowest BCUT2D eigenvalue weighted by Gasteiger charge is -2.16. The number of aryl methyl sites for hydroxylation is 1. The molecule has 2 aromatic rings. The summed E-state index contributed by atoms with van der Waals surface area (Å²) in [6, 6.07) is 5.15. The number of halogens is 1. The smallest absolute Gasteiger partial charge is 0.123 e. The molecule has 0 bridgehead atoms. The van der Waals surface area contributed by atoms with E-state index in [4.69, 9.17) is 0 Å². The summed E-state index contributed by atoms with van der Waals surface area (Å²) in [5, 5.41) is 7.71. The van der Waals surface area contributed by atoms with Crippen molar-refractivity contribution in [3.8, 4) is 11.1 Å². The van der Waals surface area contributed by atoms with Crippen LogP contribution in [0.2, 0.25) is 0 Å². The molecule has 1 unspecified atom stereocenters. The topological polar surface area (TPSA) is 29.9 Å². The lowest BCUT2D eigenvalue weighted by molar-refractivity contribution is 0.593. The van der Waals surface area contributed by atoms with Crippen molar-refractivity contribution in [3.05, 3.63) is 42.0 Å². The monoisotopic (exact) mass is 275 g/mol. The first kappa shape index (κ1) is 14.7. The summed E-state index contributed by atoms with van der Waals surface area (Å²) in [5.41, 5.74) is 2.99. The molecule has 1 aromatic carbocycles. The van der Waals surface area contributed by atoms with E-state index in [0.717, 1.165) is 36.2 Å². The molecule has 0 fully saturated rings. The molecule has 1 aromatic heterocycles. The molecular formula is C16H22FN3. The highest BCUT2D eigenvalue weighted by molar-refractivity contribution is 5.66. The number of benzene rings is 1. The van der Waals surface area contributed by atoms with Gasteiger partial charge in [0.15, 0.2) is 0 Å². The van der Waals surface area contributed by atoms with E-state index < -0.39 is 0 Å². The van der Waals surface area contributed by atoms with Crippen molar-refractivity contribution in [2.24, 2.45) is 0 Å². The van der Waals surface area contributed by atoms with Gasteiger partial charge in [0.2, 0.25) is 0 Å². The lowest BCUT2D eigenvalue weighted by atomic mass is 9.97. The molecule has 0 aliphatic heterocycles. The number of hydrogen-bond donors (Lipinski definition) is 1. The minimum atomic E-state index is -0.212. The minimum Gasteiger partial charge on any atom is -0.310 e. The maximum absolute atomic E-state index is 13.6. The van der Waals surface area contributed by atoms with Gasteiger partial charge in [0.05, 0.1) is 6.20 Å². The second kappa shape index (κ2) is 6.66. The Morgan fingerprint density at radius 2 is 2.15 bits per heavy atom. The van der Waals surface area contributed by atoms with E-state index in [2.05, 4.69) is 31.2 Å². The van der Waals surface area contributed by atoms with E-state index >= 15 is 0 Å². The van der Waals surface area contributed by atoms with Gasteiger partial charge in [-0.2, -0.15) is 5.10 Å². The molecule has 2 rings (SSSR count). The van der Waals surface area contributed by atoms with Crippen LogP contribution in [0.15, 0.2) is 30.6 Å². The average molecular weight is 275 g/mol. The summed E-state index contributed by atoms with van der Waals surface area (Å²) in [6.07, 6.45) is 4.83.